The molecule has 0 aromatic carbocycles. The van der Waals surface area contributed by atoms with Crippen LogP contribution in [0, 0.1) is 12.3 Å². The molecule has 1 aliphatic rings. The van der Waals surface area contributed by atoms with E-state index in [0.29, 0.717) is 10.6 Å². The predicted molar refractivity (Wildman–Crippen MR) is 78.2 cm³/mol. The second kappa shape index (κ2) is 5.92. The average molecular weight is 282 g/mol. The number of methoxy groups -OCH3 is 1. The Morgan fingerprint density at radius 2 is 2.21 bits per heavy atom. The molecule has 1 saturated heterocycles. The molecule has 0 atom stereocenters. The number of thiophene rings is 1. The van der Waals surface area contributed by atoms with Crippen LogP contribution in [0.1, 0.15) is 34.3 Å². The van der Waals surface area contributed by atoms with Crippen molar-refractivity contribution in [3.05, 3.63) is 15.8 Å². The molecule has 19 heavy (non-hydrogen) atoms. The van der Waals surface area contributed by atoms with Gasteiger partial charge in [0.1, 0.15) is 10.6 Å². The lowest BCUT2D eigenvalue weighted by Gasteiger charge is -2.34. The molecule has 1 aromatic rings. The minimum absolute atomic E-state index is 0.0188. The number of hydrogen-bond acceptors (Lipinski definition) is 4. The van der Waals surface area contributed by atoms with Gasteiger partial charge in [0.25, 0.3) is 5.91 Å². The maximum absolute atomic E-state index is 12.2. The van der Waals surface area contributed by atoms with E-state index in [0.717, 1.165) is 37.4 Å². The summed E-state index contributed by atoms with van der Waals surface area (Å²) in [5.41, 5.74) is 0.209. The van der Waals surface area contributed by atoms with E-state index in [-0.39, 0.29) is 11.3 Å². The van der Waals surface area contributed by atoms with Gasteiger partial charge in [-0.2, -0.15) is 0 Å². The van der Waals surface area contributed by atoms with Gasteiger partial charge in [-0.1, -0.05) is 6.92 Å². The van der Waals surface area contributed by atoms with Crippen molar-refractivity contribution in [1.82, 2.24) is 10.6 Å². The first kappa shape index (κ1) is 14.3. The van der Waals surface area contributed by atoms with Crippen molar-refractivity contribution in [2.24, 2.45) is 5.41 Å². The van der Waals surface area contributed by atoms with Crippen LogP contribution in [0.5, 0.6) is 5.75 Å². The van der Waals surface area contributed by atoms with E-state index in [1.807, 2.05) is 13.0 Å². The Kier molecular flexibility index (Phi) is 4.47. The summed E-state index contributed by atoms with van der Waals surface area (Å²) < 4.78 is 5.24. The Labute approximate surface area is 118 Å². The molecular weight excluding hydrogens is 260 g/mol. The van der Waals surface area contributed by atoms with E-state index in [4.69, 9.17) is 4.74 Å². The fraction of sp³-hybridized carbons (Fsp3) is 0.643. The van der Waals surface area contributed by atoms with Crippen molar-refractivity contribution in [2.75, 3.05) is 26.7 Å². The summed E-state index contributed by atoms with van der Waals surface area (Å²) >= 11 is 1.48. The minimum Gasteiger partial charge on any atom is -0.495 e. The van der Waals surface area contributed by atoms with Crippen LogP contribution in [-0.4, -0.2) is 32.7 Å². The van der Waals surface area contributed by atoms with Gasteiger partial charge < -0.3 is 15.4 Å². The number of rotatable bonds is 4. The third-order valence-electron chi connectivity index (χ3n) is 3.73. The van der Waals surface area contributed by atoms with E-state index in [9.17, 15) is 4.79 Å². The molecule has 1 aliphatic heterocycles. The average Bonchev–Trinajstić information content (AvgIpc) is 2.78. The van der Waals surface area contributed by atoms with Gasteiger partial charge in [0.05, 0.1) is 7.11 Å². The normalized spacial score (nSPS) is 18.1. The molecule has 4 nitrogen and oxygen atoms in total. The van der Waals surface area contributed by atoms with Crippen molar-refractivity contribution >= 4 is 17.2 Å². The molecule has 0 unspecified atom stereocenters. The first-order chi connectivity index (χ1) is 9.04. The van der Waals surface area contributed by atoms with Crippen LogP contribution in [-0.2, 0) is 0 Å². The fourth-order valence-corrected chi connectivity index (χ4v) is 3.28. The molecule has 5 heteroatoms. The highest BCUT2D eigenvalue weighted by atomic mass is 32.1. The standard InChI is InChI=1S/C14H22N2O2S/c1-10-8-11(18-3)12(19-10)13(17)16-9-14(2)4-6-15-7-5-14/h8,15H,4-7,9H2,1-3H3,(H,16,17). The smallest absolute Gasteiger partial charge is 0.265 e. The van der Waals surface area contributed by atoms with Crippen LogP contribution < -0.4 is 15.4 Å². The highest BCUT2D eigenvalue weighted by Crippen LogP contribution is 2.30. The zero-order valence-corrected chi connectivity index (χ0v) is 12.7. The molecule has 2 heterocycles. The number of nitrogens with one attached hydrogen (secondary N) is 2. The number of ether oxygens (including phenoxy) is 1. The molecule has 1 amide bonds. The van der Waals surface area contributed by atoms with Crippen LogP contribution in [0.25, 0.3) is 0 Å². The van der Waals surface area contributed by atoms with Gasteiger partial charge >= 0.3 is 0 Å². The SMILES string of the molecule is COc1cc(C)sc1C(=O)NCC1(C)CCNCC1. The van der Waals surface area contributed by atoms with E-state index < -0.39 is 0 Å². The largest absolute Gasteiger partial charge is 0.495 e. The van der Waals surface area contributed by atoms with Gasteiger partial charge in [-0.25, -0.2) is 0 Å². The second-order valence-corrected chi connectivity index (χ2v) is 6.75. The molecule has 1 fully saturated rings. The van der Waals surface area contributed by atoms with E-state index in [1.165, 1.54) is 11.3 Å². The molecule has 0 spiro atoms. The van der Waals surface area contributed by atoms with Gasteiger partial charge in [-0.15, -0.1) is 11.3 Å². The van der Waals surface area contributed by atoms with Crippen molar-refractivity contribution in [3.63, 3.8) is 0 Å². The Morgan fingerprint density at radius 1 is 1.53 bits per heavy atom. The highest BCUT2D eigenvalue weighted by molar-refractivity contribution is 7.14. The molecule has 2 rings (SSSR count). The number of carbonyl (C=O) groups is 1. The van der Waals surface area contributed by atoms with E-state index in [1.54, 1.807) is 7.11 Å². The molecule has 0 saturated carbocycles. The van der Waals surface area contributed by atoms with Crippen LogP contribution in [0.15, 0.2) is 6.07 Å². The Bertz CT molecular complexity index is 450. The van der Waals surface area contributed by atoms with Crippen molar-refractivity contribution in [3.8, 4) is 5.75 Å². The summed E-state index contributed by atoms with van der Waals surface area (Å²) in [5.74, 6) is 0.658. The topological polar surface area (TPSA) is 50.4 Å². The summed E-state index contributed by atoms with van der Waals surface area (Å²) in [6.07, 6.45) is 2.21. The number of amides is 1. The second-order valence-electron chi connectivity index (χ2n) is 5.50. The number of carbonyl (C=O) groups excluding carboxylic acids is 1. The summed E-state index contributed by atoms with van der Waals surface area (Å²) in [4.78, 5) is 14.0. The van der Waals surface area contributed by atoms with Crippen LogP contribution in [0.3, 0.4) is 0 Å². The molecule has 0 bridgehead atoms. The Morgan fingerprint density at radius 3 is 2.84 bits per heavy atom. The fourth-order valence-electron chi connectivity index (χ4n) is 2.38. The first-order valence-electron chi connectivity index (χ1n) is 6.67. The van der Waals surface area contributed by atoms with Crippen molar-refractivity contribution in [1.29, 1.82) is 0 Å². The number of piperidine rings is 1. The number of aryl methyl sites for hydroxylation is 1. The predicted octanol–water partition coefficient (Wildman–Crippen LogP) is 2.18. The maximum Gasteiger partial charge on any atom is 0.265 e. The van der Waals surface area contributed by atoms with Crippen LogP contribution in [0.4, 0.5) is 0 Å². The van der Waals surface area contributed by atoms with E-state index >= 15 is 0 Å². The summed E-state index contributed by atoms with van der Waals surface area (Å²) in [6.45, 7) is 7.03. The zero-order chi connectivity index (χ0) is 13.9. The summed E-state index contributed by atoms with van der Waals surface area (Å²) in [5, 5.41) is 6.41. The van der Waals surface area contributed by atoms with Gasteiger partial charge in [-0.05, 0) is 44.3 Å². The third kappa shape index (κ3) is 3.48. The molecular formula is C14H22N2O2S. The highest BCUT2D eigenvalue weighted by Gasteiger charge is 2.27. The van der Waals surface area contributed by atoms with Gasteiger partial charge in [0.15, 0.2) is 0 Å². The van der Waals surface area contributed by atoms with Crippen LogP contribution >= 0.6 is 11.3 Å². The Hall–Kier alpha value is -1.07. The van der Waals surface area contributed by atoms with Crippen molar-refractivity contribution in [2.45, 2.75) is 26.7 Å². The minimum atomic E-state index is -0.0188. The number of hydrogen-bond donors (Lipinski definition) is 2. The Balaban J connectivity index is 1.97. The molecule has 0 aliphatic carbocycles. The summed E-state index contributed by atoms with van der Waals surface area (Å²) in [7, 11) is 1.60. The lowest BCUT2D eigenvalue weighted by atomic mass is 9.81. The van der Waals surface area contributed by atoms with E-state index in [2.05, 4.69) is 17.6 Å². The van der Waals surface area contributed by atoms with Gasteiger partial charge in [-0.3, -0.25) is 4.79 Å². The van der Waals surface area contributed by atoms with Gasteiger partial charge in [0.2, 0.25) is 0 Å². The molecule has 0 radical (unpaired) electrons. The van der Waals surface area contributed by atoms with Crippen LogP contribution in [0.2, 0.25) is 0 Å². The molecule has 1 aromatic heterocycles. The maximum atomic E-state index is 12.2. The monoisotopic (exact) mass is 282 g/mol. The zero-order valence-electron chi connectivity index (χ0n) is 11.8. The summed E-state index contributed by atoms with van der Waals surface area (Å²) in [6, 6.07) is 1.91. The van der Waals surface area contributed by atoms with Gasteiger partial charge in [0, 0.05) is 11.4 Å². The third-order valence-corrected chi connectivity index (χ3v) is 4.76. The first-order valence-corrected chi connectivity index (χ1v) is 7.49. The van der Waals surface area contributed by atoms with Crippen molar-refractivity contribution < 1.29 is 9.53 Å². The molecule has 106 valence electrons. The lowest BCUT2D eigenvalue weighted by Crippen LogP contribution is -2.42. The quantitative estimate of drug-likeness (QED) is 0.890. The lowest BCUT2D eigenvalue weighted by molar-refractivity contribution is 0.0923. The molecule has 2 N–H and O–H groups in total.